The average Bonchev–Trinajstić information content (AvgIpc) is 3.26. The summed E-state index contributed by atoms with van der Waals surface area (Å²) in [4.78, 5) is 24.8. The Balaban J connectivity index is 1.76. The van der Waals surface area contributed by atoms with Crippen LogP contribution in [-0.4, -0.2) is 52.0 Å². The van der Waals surface area contributed by atoms with Crippen molar-refractivity contribution < 1.29 is 18.4 Å². The number of para-hydroxylation sites is 1. The third-order valence-corrected chi connectivity index (χ3v) is 5.60. The standard InChI is InChI=1S/C24H25F2N7O3/c1-32(2)11-5-7-15-21(27)20(33(34)35)12-19(22(15)36-23(25)26)31-24-28-10-9-18(30-24)16-13-29-17-8-4-3-6-14(16)17/h3-4,6,8-10,12-13,23,29H,5,7,11,27H2,1-2H3,(H,28,30,31). The van der Waals surface area contributed by atoms with E-state index in [1.807, 2.05) is 43.3 Å². The number of nitro benzene ring substituents is 1. The van der Waals surface area contributed by atoms with E-state index in [1.165, 1.54) is 6.20 Å². The molecule has 2 aromatic carbocycles. The van der Waals surface area contributed by atoms with Crippen LogP contribution in [0.25, 0.3) is 22.2 Å². The van der Waals surface area contributed by atoms with Gasteiger partial charge < -0.3 is 25.7 Å². The number of halogens is 2. The maximum atomic E-state index is 13.4. The number of nitrogen functional groups attached to an aromatic ring is 1. The lowest BCUT2D eigenvalue weighted by molar-refractivity contribution is -0.383. The van der Waals surface area contributed by atoms with Gasteiger partial charge in [0.2, 0.25) is 5.95 Å². The summed E-state index contributed by atoms with van der Waals surface area (Å²) in [6, 6.07) is 10.4. The number of ether oxygens (including phenoxy) is 1. The van der Waals surface area contributed by atoms with E-state index in [9.17, 15) is 18.9 Å². The van der Waals surface area contributed by atoms with Gasteiger partial charge in [0.1, 0.15) is 5.69 Å². The van der Waals surface area contributed by atoms with Crippen LogP contribution in [0.5, 0.6) is 5.75 Å². The van der Waals surface area contributed by atoms with E-state index >= 15 is 0 Å². The molecule has 10 nitrogen and oxygen atoms in total. The van der Waals surface area contributed by atoms with E-state index in [0.717, 1.165) is 22.5 Å². The van der Waals surface area contributed by atoms with Gasteiger partial charge in [0.05, 0.1) is 16.3 Å². The fourth-order valence-corrected chi connectivity index (χ4v) is 3.98. The minimum atomic E-state index is -3.17. The van der Waals surface area contributed by atoms with Gasteiger partial charge >= 0.3 is 6.61 Å². The van der Waals surface area contributed by atoms with Crippen molar-refractivity contribution in [1.82, 2.24) is 19.9 Å². The Hall–Kier alpha value is -4.32. The van der Waals surface area contributed by atoms with Crippen molar-refractivity contribution in [3.8, 4) is 17.0 Å². The van der Waals surface area contributed by atoms with Gasteiger partial charge in [-0.1, -0.05) is 18.2 Å². The van der Waals surface area contributed by atoms with Crippen molar-refractivity contribution in [3.05, 3.63) is 64.5 Å². The molecule has 0 bridgehead atoms. The number of benzene rings is 2. The molecule has 0 unspecified atom stereocenters. The van der Waals surface area contributed by atoms with Crippen LogP contribution in [0.1, 0.15) is 12.0 Å². The van der Waals surface area contributed by atoms with E-state index in [2.05, 4.69) is 20.3 Å². The lowest BCUT2D eigenvalue weighted by Gasteiger charge is -2.19. The Morgan fingerprint density at radius 1 is 1.28 bits per heavy atom. The van der Waals surface area contributed by atoms with Crippen molar-refractivity contribution in [2.45, 2.75) is 19.5 Å². The van der Waals surface area contributed by atoms with Crippen LogP contribution in [0.3, 0.4) is 0 Å². The van der Waals surface area contributed by atoms with E-state index in [0.29, 0.717) is 18.7 Å². The second-order valence-electron chi connectivity index (χ2n) is 8.35. The molecule has 0 saturated carbocycles. The number of nitrogens with one attached hydrogen (secondary N) is 2. The third kappa shape index (κ3) is 5.33. The summed E-state index contributed by atoms with van der Waals surface area (Å²) in [5.74, 6) is -0.219. The molecule has 2 aromatic heterocycles. The van der Waals surface area contributed by atoms with Crippen molar-refractivity contribution in [2.24, 2.45) is 0 Å². The fourth-order valence-electron chi connectivity index (χ4n) is 3.98. The van der Waals surface area contributed by atoms with E-state index in [4.69, 9.17) is 10.5 Å². The largest absolute Gasteiger partial charge is 0.432 e. The number of alkyl halides is 2. The highest BCUT2D eigenvalue weighted by molar-refractivity contribution is 5.94. The molecule has 188 valence electrons. The van der Waals surface area contributed by atoms with Crippen molar-refractivity contribution in [3.63, 3.8) is 0 Å². The summed E-state index contributed by atoms with van der Waals surface area (Å²) in [5.41, 5.74) is 7.75. The number of nitrogens with two attached hydrogens (primary N) is 1. The Kier molecular flexibility index (Phi) is 7.25. The molecule has 0 amide bonds. The number of nitrogens with zero attached hydrogens (tertiary/aromatic N) is 4. The molecule has 4 N–H and O–H groups in total. The summed E-state index contributed by atoms with van der Waals surface area (Å²) >= 11 is 0. The number of hydrogen-bond acceptors (Lipinski definition) is 8. The number of nitro groups is 1. The highest BCUT2D eigenvalue weighted by atomic mass is 19.3. The number of anilines is 3. The van der Waals surface area contributed by atoms with Gasteiger partial charge in [-0.3, -0.25) is 10.1 Å². The lowest BCUT2D eigenvalue weighted by atomic mass is 10.0. The van der Waals surface area contributed by atoms with Crippen LogP contribution < -0.4 is 15.8 Å². The number of aromatic amines is 1. The topological polar surface area (TPSA) is 135 Å². The van der Waals surface area contributed by atoms with Crippen LogP contribution >= 0.6 is 0 Å². The lowest BCUT2D eigenvalue weighted by Crippen LogP contribution is -2.15. The second-order valence-corrected chi connectivity index (χ2v) is 8.35. The molecule has 0 atom stereocenters. The first-order valence-corrected chi connectivity index (χ1v) is 11.1. The molecule has 4 aromatic rings. The fraction of sp³-hybridized carbons (Fsp3) is 0.250. The molecule has 0 aliphatic heterocycles. The first-order valence-electron chi connectivity index (χ1n) is 11.1. The highest BCUT2D eigenvalue weighted by Crippen LogP contribution is 2.42. The molecule has 36 heavy (non-hydrogen) atoms. The quantitative estimate of drug-likeness (QED) is 0.159. The second kappa shape index (κ2) is 10.5. The maximum absolute atomic E-state index is 13.4. The van der Waals surface area contributed by atoms with E-state index < -0.39 is 17.2 Å². The maximum Gasteiger partial charge on any atom is 0.387 e. The van der Waals surface area contributed by atoms with Crippen LogP contribution in [0.2, 0.25) is 0 Å². The number of hydrogen-bond donors (Lipinski definition) is 3. The molecule has 0 spiro atoms. The SMILES string of the molecule is CN(C)CCCc1c(N)c([N+](=O)[O-])cc(Nc2nccc(-c3c[nH]c4ccccc34)n2)c1OC(F)F. The third-order valence-electron chi connectivity index (χ3n) is 5.60. The first kappa shape index (κ1) is 24.8. The Labute approximate surface area is 205 Å². The predicted molar refractivity (Wildman–Crippen MR) is 134 cm³/mol. The molecule has 12 heteroatoms. The monoisotopic (exact) mass is 497 g/mol. The normalized spacial score (nSPS) is 11.4. The van der Waals surface area contributed by atoms with E-state index in [1.54, 1.807) is 12.3 Å². The van der Waals surface area contributed by atoms with Gasteiger partial charge in [-0.2, -0.15) is 8.78 Å². The number of rotatable bonds is 10. The zero-order valence-electron chi connectivity index (χ0n) is 19.7. The molecule has 0 aliphatic rings. The number of fused-ring (bicyclic) bond motifs is 1. The first-order chi connectivity index (χ1) is 17.2. The smallest absolute Gasteiger partial charge is 0.387 e. The minimum absolute atomic E-state index is 0.0511. The van der Waals surface area contributed by atoms with Crippen LogP contribution in [0, 0.1) is 10.1 Å². The van der Waals surface area contributed by atoms with Crippen LogP contribution in [0.15, 0.2) is 48.8 Å². The summed E-state index contributed by atoms with van der Waals surface area (Å²) in [6.45, 7) is -2.55. The summed E-state index contributed by atoms with van der Waals surface area (Å²) in [6.07, 6.45) is 4.02. The predicted octanol–water partition coefficient (Wildman–Crippen LogP) is 4.95. The Morgan fingerprint density at radius 3 is 2.78 bits per heavy atom. The zero-order valence-corrected chi connectivity index (χ0v) is 19.7. The Morgan fingerprint density at radius 2 is 2.06 bits per heavy atom. The van der Waals surface area contributed by atoms with Gasteiger partial charge in [0.25, 0.3) is 5.69 Å². The van der Waals surface area contributed by atoms with E-state index in [-0.39, 0.29) is 35.1 Å². The Bertz CT molecular complexity index is 1390. The molecule has 4 rings (SSSR count). The molecule has 0 radical (unpaired) electrons. The summed E-state index contributed by atoms with van der Waals surface area (Å²) in [7, 11) is 3.72. The van der Waals surface area contributed by atoms with Gasteiger partial charge in [0, 0.05) is 40.5 Å². The van der Waals surface area contributed by atoms with Crippen molar-refractivity contribution in [2.75, 3.05) is 31.7 Å². The van der Waals surface area contributed by atoms with Crippen LogP contribution in [-0.2, 0) is 6.42 Å². The number of aromatic nitrogens is 3. The van der Waals surface area contributed by atoms with Gasteiger partial charge in [-0.15, -0.1) is 0 Å². The molecule has 0 saturated heterocycles. The zero-order chi connectivity index (χ0) is 25.8. The van der Waals surface area contributed by atoms with Gasteiger partial charge in [-0.05, 0) is 45.6 Å². The molecule has 0 aliphatic carbocycles. The van der Waals surface area contributed by atoms with Gasteiger partial charge in [0.15, 0.2) is 5.75 Å². The van der Waals surface area contributed by atoms with Crippen LogP contribution in [0.4, 0.5) is 31.8 Å². The average molecular weight is 498 g/mol. The molecular formula is C24H25F2N7O3. The number of H-pyrrole nitrogens is 1. The van der Waals surface area contributed by atoms with Crippen molar-refractivity contribution >= 4 is 33.9 Å². The molecular weight excluding hydrogens is 472 g/mol. The minimum Gasteiger partial charge on any atom is -0.432 e. The van der Waals surface area contributed by atoms with Crippen molar-refractivity contribution in [1.29, 1.82) is 0 Å². The van der Waals surface area contributed by atoms with Gasteiger partial charge in [-0.25, -0.2) is 9.97 Å². The molecule has 2 heterocycles. The highest BCUT2D eigenvalue weighted by Gasteiger charge is 2.26. The molecule has 0 fully saturated rings. The summed E-state index contributed by atoms with van der Waals surface area (Å²) in [5, 5.41) is 15.5. The summed E-state index contributed by atoms with van der Waals surface area (Å²) < 4.78 is 31.6.